The van der Waals surface area contributed by atoms with E-state index in [9.17, 15) is 0 Å². The highest BCUT2D eigenvalue weighted by Gasteiger charge is 2.11. The molecule has 2 heterocycles. The van der Waals surface area contributed by atoms with Crippen molar-refractivity contribution >= 4 is 16.9 Å². The van der Waals surface area contributed by atoms with Gasteiger partial charge in [-0.25, -0.2) is 9.97 Å². The smallest absolute Gasteiger partial charge is 0.163 e. The van der Waals surface area contributed by atoms with Crippen molar-refractivity contribution in [3.8, 4) is 11.4 Å². The highest BCUT2D eigenvalue weighted by Crippen LogP contribution is 2.25. The van der Waals surface area contributed by atoms with Gasteiger partial charge in [0.15, 0.2) is 5.82 Å². The summed E-state index contributed by atoms with van der Waals surface area (Å²) in [7, 11) is 0. The van der Waals surface area contributed by atoms with Crippen LogP contribution < -0.4 is 5.32 Å². The molecule has 0 spiro atoms. The molecule has 1 aromatic carbocycles. The van der Waals surface area contributed by atoms with E-state index >= 15 is 0 Å². The van der Waals surface area contributed by atoms with Crippen molar-refractivity contribution in [1.82, 2.24) is 19.9 Å². The molecule has 2 aromatic heterocycles. The first kappa shape index (κ1) is 17.4. The van der Waals surface area contributed by atoms with E-state index < -0.39 is 0 Å². The van der Waals surface area contributed by atoms with Crippen molar-refractivity contribution in [2.45, 2.75) is 27.2 Å². The number of rotatable bonds is 8. The lowest BCUT2D eigenvalue weighted by atomic mass is 10.2. The zero-order valence-electron chi connectivity index (χ0n) is 15.3. The van der Waals surface area contributed by atoms with E-state index in [4.69, 9.17) is 9.97 Å². The number of anilines is 1. The second-order valence-electron chi connectivity index (χ2n) is 6.28. The largest absolute Gasteiger partial charge is 0.369 e. The van der Waals surface area contributed by atoms with Gasteiger partial charge in [0.2, 0.25) is 0 Å². The monoisotopic (exact) mass is 337 g/mol. The van der Waals surface area contributed by atoms with Gasteiger partial charge in [-0.2, -0.15) is 0 Å². The summed E-state index contributed by atoms with van der Waals surface area (Å²) in [6.45, 7) is 10.7. The molecule has 0 aliphatic heterocycles. The highest BCUT2D eigenvalue weighted by atomic mass is 15.1. The molecule has 2 N–H and O–H groups in total. The van der Waals surface area contributed by atoms with Crippen molar-refractivity contribution in [2.24, 2.45) is 0 Å². The fourth-order valence-electron chi connectivity index (χ4n) is 3.04. The number of aryl methyl sites for hydroxylation is 1. The summed E-state index contributed by atoms with van der Waals surface area (Å²) in [5, 5.41) is 4.57. The Kier molecular flexibility index (Phi) is 5.66. The van der Waals surface area contributed by atoms with Crippen LogP contribution in [-0.4, -0.2) is 46.0 Å². The summed E-state index contributed by atoms with van der Waals surface area (Å²) >= 11 is 0. The van der Waals surface area contributed by atoms with Crippen molar-refractivity contribution in [3.05, 3.63) is 42.1 Å². The third-order valence-electron chi connectivity index (χ3n) is 4.49. The number of fused-ring (bicyclic) bond motifs is 1. The number of hydrogen-bond acceptors (Lipinski definition) is 4. The molecule has 3 aromatic rings. The molecular formula is C20H27N5. The van der Waals surface area contributed by atoms with Crippen molar-refractivity contribution in [1.29, 1.82) is 0 Å². The maximum Gasteiger partial charge on any atom is 0.163 e. The molecule has 3 rings (SSSR count). The highest BCUT2D eigenvalue weighted by molar-refractivity contribution is 5.89. The van der Waals surface area contributed by atoms with Crippen LogP contribution >= 0.6 is 0 Å². The molecule has 132 valence electrons. The maximum absolute atomic E-state index is 4.79. The maximum atomic E-state index is 4.79. The van der Waals surface area contributed by atoms with E-state index in [0.29, 0.717) is 0 Å². The third-order valence-corrected chi connectivity index (χ3v) is 4.49. The Morgan fingerprint density at radius 1 is 1.08 bits per heavy atom. The van der Waals surface area contributed by atoms with Gasteiger partial charge in [0, 0.05) is 17.8 Å². The predicted octanol–water partition coefficient (Wildman–Crippen LogP) is 4.08. The van der Waals surface area contributed by atoms with Gasteiger partial charge < -0.3 is 15.2 Å². The normalized spacial score (nSPS) is 11.4. The fourth-order valence-corrected chi connectivity index (χ4v) is 3.04. The Morgan fingerprint density at radius 2 is 1.84 bits per heavy atom. The Labute approximate surface area is 149 Å². The summed E-state index contributed by atoms with van der Waals surface area (Å²) < 4.78 is 0. The van der Waals surface area contributed by atoms with Crippen LogP contribution in [0.4, 0.5) is 5.82 Å². The first-order chi connectivity index (χ1) is 12.2. The minimum atomic E-state index is 0.751. The quantitative estimate of drug-likeness (QED) is 0.608. The number of nitrogens with zero attached hydrogens (tertiary/aromatic N) is 3. The summed E-state index contributed by atoms with van der Waals surface area (Å²) in [5.74, 6) is 1.66. The van der Waals surface area contributed by atoms with Crippen LogP contribution in [0.25, 0.3) is 22.4 Å². The van der Waals surface area contributed by atoms with E-state index in [2.05, 4.69) is 35.1 Å². The summed E-state index contributed by atoms with van der Waals surface area (Å²) in [6.07, 6.45) is 1.09. The number of hydrogen-bond donors (Lipinski definition) is 2. The van der Waals surface area contributed by atoms with Gasteiger partial charge in [-0.1, -0.05) is 44.2 Å². The number of aromatic amines is 1. The molecule has 5 heteroatoms. The van der Waals surface area contributed by atoms with Crippen molar-refractivity contribution in [2.75, 3.05) is 31.5 Å². The van der Waals surface area contributed by atoms with Crippen LogP contribution in [0.2, 0.25) is 0 Å². The molecule has 0 saturated carbocycles. The second kappa shape index (κ2) is 8.12. The Bertz CT molecular complexity index is 806. The van der Waals surface area contributed by atoms with Gasteiger partial charge in [0.25, 0.3) is 0 Å². The first-order valence-electron chi connectivity index (χ1n) is 9.10. The Balaban J connectivity index is 1.81. The average molecular weight is 337 g/mol. The fraction of sp³-hybridized carbons (Fsp3) is 0.400. The number of nitrogens with one attached hydrogen (secondary N) is 2. The third kappa shape index (κ3) is 4.17. The van der Waals surface area contributed by atoms with Crippen LogP contribution in [-0.2, 0) is 0 Å². The van der Waals surface area contributed by atoms with E-state index in [1.165, 1.54) is 0 Å². The van der Waals surface area contributed by atoms with E-state index in [0.717, 1.165) is 66.5 Å². The topological polar surface area (TPSA) is 56.8 Å². The standard InChI is InChI=1S/C20H27N5/c1-4-25(5-2)13-9-12-21-19-17-14-15(3)22-20(17)24-18(23-19)16-10-7-6-8-11-16/h6-8,10-11,14H,4-5,9,12-13H2,1-3H3,(H2,21,22,23,24). The molecule has 0 radical (unpaired) electrons. The average Bonchev–Trinajstić information content (AvgIpc) is 3.02. The molecule has 0 amide bonds. The molecule has 0 bridgehead atoms. The molecule has 0 saturated heterocycles. The summed E-state index contributed by atoms with van der Waals surface area (Å²) in [6, 6.07) is 12.2. The number of H-pyrrole nitrogens is 1. The van der Waals surface area contributed by atoms with E-state index in [1.807, 2.05) is 37.3 Å². The van der Waals surface area contributed by atoms with Crippen LogP contribution in [0.3, 0.4) is 0 Å². The van der Waals surface area contributed by atoms with Crippen molar-refractivity contribution in [3.63, 3.8) is 0 Å². The molecule has 25 heavy (non-hydrogen) atoms. The van der Waals surface area contributed by atoms with Crippen molar-refractivity contribution < 1.29 is 0 Å². The van der Waals surface area contributed by atoms with Crippen LogP contribution in [0.1, 0.15) is 26.0 Å². The predicted molar refractivity (Wildman–Crippen MR) is 105 cm³/mol. The minimum Gasteiger partial charge on any atom is -0.369 e. The van der Waals surface area contributed by atoms with Gasteiger partial charge in [-0.05, 0) is 39.0 Å². The lowest BCUT2D eigenvalue weighted by molar-refractivity contribution is 0.303. The van der Waals surface area contributed by atoms with E-state index in [1.54, 1.807) is 0 Å². The first-order valence-corrected chi connectivity index (χ1v) is 9.10. The molecule has 0 unspecified atom stereocenters. The second-order valence-corrected chi connectivity index (χ2v) is 6.28. The van der Waals surface area contributed by atoms with Gasteiger partial charge >= 0.3 is 0 Å². The Hall–Kier alpha value is -2.40. The van der Waals surface area contributed by atoms with Gasteiger partial charge in [0.1, 0.15) is 11.5 Å². The summed E-state index contributed by atoms with van der Waals surface area (Å²) in [4.78, 5) is 15.3. The number of aromatic nitrogens is 3. The van der Waals surface area contributed by atoms with Crippen LogP contribution in [0, 0.1) is 6.92 Å². The lowest BCUT2D eigenvalue weighted by Gasteiger charge is -2.18. The minimum absolute atomic E-state index is 0.751. The van der Waals surface area contributed by atoms with Crippen LogP contribution in [0.15, 0.2) is 36.4 Å². The number of benzene rings is 1. The van der Waals surface area contributed by atoms with Crippen LogP contribution in [0.5, 0.6) is 0 Å². The van der Waals surface area contributed by atoms with E-state index in [-0.39, 0.29) is 0 Å². The zero-order chi connectivity index (χ0) is 17.6. The van der Waals surface area contributed by atoms with Gasteiger partial charge in [-0.15, -0.1) is 0 Å². The Morgan fingerprint density at radius 3 is 2.56 bits per heavy atom. The van der Waals surface area contributed by atoms with Gasteiger partial charge in [-0.3, -0.25) is 0 Å². The molecule has 0 atom stereocenters. The SMILES string of the molecule is CCN(CC)CCCNc1nc(-c2ccccc2)nc2[nH]c(C)cc12. The molecule has 5 nitrogen and oxygen atoms in total. The van der Waals surface area contributed by atoms with Gasteiger partial charge in [0.05, 0.1) is 5.39 Å². The molecule has 0 fully saturated rings. The zero-order valence-corrected chi connectivity index (χ0v) is 15.3. The summed E-state index contributed by atoms with van der Waals surface area (Å²) in [5.41, 5.74) is 3.01. The lowest BCUT2D eigenvalue weighted by Crippen LogP contribution is -2.25. The molecular weight excluding hydrogens is 310 g/mol. The molecule has 0 aliphatic carbocycles. The molecule has 0 aliphatic rings.